The van der Waals surface area contributed by atoms with E-state index in [1.165, 1.54) is 7.11 Å². The molecule has 0 amide bonds. The van der Waals surface area contributed by atoms with E-state index in [-0.39, 0.29) is 18.5 Å². The molecule has 0 saturated carbocycles. The highest BCUT2D eigenvalue weighted by Crippen LogP contribution is 1.98. The number of ether oxygens (including phenoxy) is 2. The summed E-state index contributed by atoms with van der Waals surface area (Å²) in [6, 6.07) is 0. The van der Waals surface area contributed by atoms with Crippen LogP contribution >= 0.6 is 0 Å². The molecular weight excluding hydrogens is 170 g/mol. The molecule has 2 N–H and O–H groups in total. The van der Waals surface area contributed by atoms with Gasteiger partial charge in [-0.2, -0.15) is 0 Å². The molecule has 0 aromatic rings. The minimum Gasteiger partial charge on any atom is -0.466 e. The van der Waals surface area contributed by atoms with E-state index >= 15 is 0 Å². The van der Waals surface area contributed by atoms with E-state index in [0.717, 1.165) is 12.8 Å². The number of methoxy groups -OCH3 is 1. The largest absolute Gasteiger partial charge is 0.466 e. The maximum Gasteiger partial charge on any atom is 0.308 e. The molecule has 0 bridgehead atoms. The Morgan fingerprint density at radius 3 is 2.69 bits per heavy atom. The van der Waals surface area contributed by atoms with Crippen molar-refractivity contribution in [2.75, 3.05) is 20.3 Å². The predicted molar refractivity (Wildman–Crippen MR) is 50.3 cm³/mol. The summed E-state index contributed by atoms with van der Waals surface area (Å²) in [6.45, 7) is 2.89. The molecule has 1 unspecified atom stereocenters. The van der Waals surface area contributed by atoms with Crippen LogP contribution in [0.3, 0.4) is 0 Å². The number of unbranched alkanes of at least 4 members (excludes halogenated alkanes) is 1. The number of carbonyl (C=O) groups excluding carboxylic acids is 1. The number of carbonyl (C=O) groups is 1. The molecule has 0 rings (SSSR count). The lowest BCUT2D eigenvalue weighted by Gasteiger charge is -2.11. The molecule has 0 spiro atoms. The quantitative estimate of drug-likeness (QED) is 0.473. The van der Waals surface area contributed by atoms with E-state index in [2.05, 4.69) is 0 Å². The van der Waals surface area contributed by atoms with Crippen LogP contribution in [0, 0.1) is 0 Å². The first-order valence-corrected chi connectivity index (χ1v) is 4.63. The number of rotatable bonds is 7. The lowest BCUT2D eigenvalue weighted by atomic mass is 10.2. The Kier molecular flexibility index (Phi) is 7.63. The van der Waals surface area contributed by atoms with Crippen LogP contribution in [0.25, 0.3) is 0 Å². The summed E-state index contributed by atoms with van der Waals surface area (Å²) in [6.07, 6.45) is 1.97. The normalized spacial score (nSPS) is 12.5. The topological polar surface area (TPSA) is 61.5 Å². The van der Waals surface area contributed by atoms with Crippen molar-refractivity contribution in [3.05, 3.63) is 0 Å². The molecule has 13 heavy (non-hydrogen) atoms. The SMILES string of the molecule is CCCCOC(=O)CC(CN)OC. The Hall–Kier alpha value is -0.610. The molecule has 0 heterocycles. The summed E-state index contributed by atoms with van der Waals surface area (Å²) in [5.74, 6) is -0.231. The van der Waals surface area contributed by atoms with E-state index in [0.29, 0.717) is 13.2 Å². The van der Waals surface area contributed by atoms with Crippen LogP contribution in [-0.4, -0.2) is 32.3 Å². The second-order valence-corrected chi connectivity index (χ2v) is 2.87. The summed E-state index contributed by atoms with van der Waals surface area (Å²) in [4.78, 5) is 11.1. The highest BCUT2D eigenvalue weighted by molar-refractivity contribution is 5.69. The van der Waals surface area contributed by atoms with Gasteiger partial charge < -0.3 is 15.2 Å². The van der Waals surface area contributed by atoms with Gasteiger partial charge in [0, 0.05) is 13.7 Å². The van der Waals surface area contributed by atoms with Gasteiger partial charge in [0.1, 0.15) is 0 Å². The number of hydrogen-bond donors (Lipinski definition) is 1. The zero-order valence-corrected chi connectivity index (χ0v) is 8.41. The van der Waals surface area contributed by atoms with E-state index in [4.69, 9.17) is 15.2 Å². The van der Waals surface area contributed by atoms with Crippen LogP contribution in [0.5, 0.6) is 0 Å². The van der Waals surface area contributed by atoms with Gasteiger partial charge >= 0.3 is 5.97 Å². The molecule has 4 nitrogen and oxygen atoms in total. The average molecular weight is 189 g/mol. The van der Waals surface area contributed by atoms with Crippen molar-refractivity contribution in [1.29, 1.82) is 0 Å². The van der Waals surface area contributed by atoms with Gasteiger partial charge in [-0.25, -0.2) is 0 Å². The van der Waals surface area contributed by atoms with Crippen molar-refractivity contribution in [1.82, 2.24) is 0 Å². The smallest absolute Gasteiger partial charge is 0.308 e. The van der Waals surface area contributed by atoms with Crippen molar-refractivity contribution in [3.8, 4) is 0 Å². The Balaban J connectivity index is 3.48. The molecule has 4 heteroatoms. The maximum atomic E-state index is 11.1. The number of nitrogens with two attached hydrogens (primary N) is 1. The molecule has 0 aromatic carbocycles. The fraction of sp³-hybridized carbons (Fsp3) is 0.889. The molecule has 1 atom stereocenters. The summed E-state index contributed by atoms with van der Waals surface area (Å²) in [7, 11) is 1.54. The molecule has 0 saturated heterocycles. The second-order valence-electron chi connectivity index (χ2n) is 2.87. The molecule has 0 aliphatic carbocycles. The minimum absolute atomic E-state index is 0.214. The van der Waals surface area contributed by atoms with Gasteiger partial charge in [0.25, 0.3) is 0 Å². The summed E-state index contributed by atoms with van der Waals surface area (Å²) in [5, 5.41) is 0. The van der Waals surface area contributed by atoms with Crippen LogP contribution in [0.4, 0.5) is 0 Å². The number of hydrogen-bond acceptors (Lipinski definition) is 4. The van der Waals surface area contributed by atoms with E-state index in [9.17, 15) is 4.79 Å². The maximum absolute atomic E-state index is 11.1. The van der Waals surface area contributed by atoms with Gasteiger partial charge in [-0.3, -0.25) is 4.79 Å². The summed E-state index contributed by atoms with van der Waals surface area (Å²) in [5.41, 5.74) is 5.35. The summed E-state index contributed by atoms with van der Waals surface area (Å²) >= 11 is 0. The van der Waals surface area contributed by atoms with Gasteiger partial charge in [0.2, 0.25) is 0 Å². The van der Waals surface area contributed by atoms with Crippen LogP contribution < -0.4 is 5.73 Å². The Labute approximate surface area is 79.4 Å². The first kappa shape index (κ1) is 12.4. The first-order chi connectivity index (χ1) is 6.24. The van der Waals surface area contributed by atoms with Gasteiger partial charge in [-0.05, 0) is 6.42 Å². The van der Waals surface area contributed by atoms with Crippen LogP contribution in [0.1, 0.15) is 26.2 Å². The van der Waals surface area contributed by atoms with Gasteiger partial charge in [0.05, 0.1) is 19.1 Å². The number of esters is 1. The molecule has 0 aliphatic rings. The van der Waals surface area contributed by atoms with Crippen LogP contribution in [-0.2, 0) is 14.3 Å². The third kappa shape index (κ3) is 6.54. The molecule has 0 fully saturated rings. The Morgan fingerprint density at radius 1 is 1.54 bits per heavy atom. The van der Waals surface area contributed by atoms with Crippen molar-refractivity contribution in [2.45, 2.75) is 32.3 Å². The lowest BCUT2D eigenvalue weighted by Crippen LogP contribution is -2.26. The van der Waals surface area contributed by atoms with Gasteiger partial charge in [-0.1, -0.05) is 13.3 Å². The van der Waals surface area contributed by atoms with E-state index in [1.807, 2.05) is 6.92 Å². The molecule has 0 radical (unpaired) electrons. The molecule has 0 aromatic heterocycles. The van der Waals surface area contributed by atoms with Crippen molar-refractivity contribution in [2.24, 2.45) is 5.73 Å². The highest BCUT2D eigenvalue weighted by Gasteiger charge is 2.11. The second kappa shape index (κ2) is 8.01. The molecule has 78 valence electrons. The highest BCUT2D eigenvalue weighted by atomic mass is 16.5. The minimum atomic E-state index is -0.231. The lowest BCUT2D eigenvalue weighted by molar-refractivity contribution is -0.146. The molecule has 0 aliphatic heterocycles. The van der Waals surface area contributed by atoms with E-state index in [1.54, 1.807) is 0 Å². The predicted octanol–water partition coefficient (Wildman–Crippen LogP) is 0.694. The standard InChI is InChI=1S/C9H19NO3/c1-3-4-5-13-9(11)6-8(7-10)12-2/h8H,3-7,10H2,1-2H3. The Bertz CT molecular complexity index is 135. The van der Waals surface area contributed by atoms with Crippen molar-refractivity contribution >= 4 is 5.97 Å². The first-order valence-electron chi connectivity index (χ1n) is 4.63. The van der Waals surface area contributed by atoms with E-state index < -0.39 is 0 Å². The fourth-order valence-corrected chi connectivity index (χ4v) is 0.838. The Morgan fingerprint density at radius 2 is 2.23 bits per heavy atom. The summed E-state index contributed by atoms with van der Waals surface area (Å²) < 4.78 is 9.89. The van der Waals surface area contributed by atoms with Gasteiger partial charge in [-0.15, -0.1) is 0 Å². The zero-order chi connectivity index (χ0) is 10.1. The van der Waals surface area contributed by atoms with Crippen LogP contribution in [0.2, 0.25) is 0 Å². The fourth-order valence-electron chi connectivity index (χ4n) is 0.838. The van der Waals surface area contributed by atoms with Gasteiger partial charge in [0.15, 0.2) is 0 Å². The average Bonchev–Trinajstić information content (AvgIpc) is 2.14. The third-order valence-electron chi connectivity index (χ3n) is 1.75. The third-order valence-corrected chi connectivity index (χ3v) is 1.75. The zero-order valence-electron chi connectivity index (χ0n) is 8.41. The molecular formula is C9H19NO3. The van der Waals surface area contributed by atoms with Crippen molar-refractivity contribution in [3.63, 3.8) is 0 Å². The van der Waals surface area contributed by atoms with Crippen molar-refractivity contribution < 1.29 is 14.3 Å². The monoisotopic (exact) mass is 189 g/mol. The van der Waals surface area contributed by atoms with Crippen LogP contribution in [0.15, 0.2) is 0 Å².